The van der Waals surface area contributed by atoms with Crippen molar-refractivity contribution in [1.29, 1.82) is 0 Å². The molecule has 2 heterocycles. The molecule has 0 radical (unpaired) electrons. The monoisotopic (exact) mass is 547 g/mol. The number of phenolic OH excluding ortho intramolecular Hbond substituents is 2. The maximum Gasteiger partial charge on any atom is 0.414 e. The number of alkyl carbamates (subject to hydrolysis) is 1. The molecule has 1 saturated heterocycles. The van der Waals surface area contributed by atoms with E-state index in [1.54, 1.807) is 48.5 Å². The van der Waals surface area contributed by atoms with Crippen LogP contribution in [-0.4, -0.2) is 54.7 Å². The topological polar surface area (TPSA) is 154 Å². The van der Waals surface area contributed by atoms with E-state index in [0.29, 0.717) is 49.9 Å². The van der Waals surface area contributed by atoms with E-state index in [4.69, 9.17) is 23.4 Å². The third-order valence-corrected chi connectivity index (χ3v) is 6.11. The normalized spacial score (nSPS) is 14.7. The van der Waals surface area contributed by atoms with Crippen LogP contribution in [0.2, 0.25) is 0 Å². The number of nitrogens with one attached hydrogen (secondary N) is 1. The van der Waals surface area contributed by atoms with Gasteiger partial charge in [0.15, 0.2) is 6.10 Å². The molecule has 1 unspecified atom stereocenters. The Labute approximate surface area is 227 Å². The smallest absolute Gasteiger partial charge is 0.414 e. The van der Waals surface area contributed by atoms with Crippen molar-refractivity contribution < 1.29 is 43.2 Å². The molecule has 11 nitrogen and oxygen atoms in total. The van der Waals surface area contributed by atoms with Crippen molar-refractivity contribution in [3.05, 3.63) is 82.7 Å². The quantitative estimate of drug-likeness (QED) is 0.238. The number of phenols is 2. The van der Waals surface area contributed by atoms with E-state index in [0.717, 1.165) is 11.6 Å². The standard InChI is InChI=1S/C29H25NO10/c31-19-14-23(32)26-24(15-19)39-16-22(27(26)33)18-3-7-21(8-4-18)38-12-10-36-9-11-37-20-5-1-17(2-6-20)13-25-28(34)30-29(35)40-25/h1-8,14-16,25,31-32H,9-13H2,(H,30,34,35). The highest BCUT2D eigenvalue weighted by molar-refractivity contribution is 6.00. The number of imide groups is 1. The van der Waals surface area contributed by atoms with Crippen LogP contribution in [0.1, 0.15) is 5.56 Å². The molecule has 1 aliphatic heterocycles. The number of aromatic hydroxyl groups is 2. The maximum atomic E-state index is 12.8. The van der Waals surface area contributed by atoms with Crippen molar-refractivity contribution in [3.63, 3.8) is 0 Å². The van der Waals surface area contributed by atoms with Crippen molar-refractivity contribution in [2.45, 2.75) is 12.5 Å². The van der Waals surface area contributed by atoms with Crippen LogP contribution in [-0.2, 0) is 20.7 Å². The lowest BCUT2D eigenvalue weighted by Crippen LogP contribution is -2.25. The van der Waals surface area contributed by atoms with Gasteiger partial charge in [-0.15, -0.1) is 0 Å². The number of cyclic esters (lactones) is 1. The van der Waals surface area contributed by atoms with Crippen LogP contribution >= 0.6 is 0 Å². The predicted octanol–water partition coefficient (Wildman–Crippen LogP) is 3.52. The highest BCUT2D eigenvalue weighted by Crippen LogP contribution is 2.30. The Hall–Kier alpha value is -5.03. The average Bonchev–Trinajstić information content (AvgIpc) is 3.25. The minimum Gasteiger partial charge on any atom is -0.508 e. The molecule has 206 valence electrons. The Morgan fingerprint density at radius 2 is 1.48 bits per heavy atom. The molecule has 2 amide bonds. The summed E-state index contributed by atoms with van der Waals surface area (Å²) in [6.07, 6.45) is 0.0423. The van der Waals surface area contributed by atoms with E-state index in [-0.39, 0.29) is 28.0 Å². The van der Waals surface area contributed by atoms with Gasteiger partial charge in [-0.25, -0.2) is 4.79 Å². The fourth-order valence-corrected chi connectivity index (χ4v) is 4.15. The van der Waals surface area contributed by atoms with Gasteiger partial charge in [-0.3, -0.25) is 14.9 Å². The molecular weight excluding hydrogens is 522 g/mol. The number of hydrogen-bond donors (Lipinski definition) is 3. The van der Waals surface area contributed by atoms with E-state index >= 15 is 0 Å². The first kappa shape index (κ1) is 26.6. The number of benzene rings is 3. The molecule has 40 heavy (non-hydrogen) atoms. The summed E-state index contributed by atoms with van der Waals surface area (Å²) in [7, 11) is 0. The average molecular weight is 548 g/mol. The fourth-order valence-electron chi connectivity index (χ4n) is 4.15. The minimum absolute atomic E-state index is 0.00242. The summed E-state index contributed by atoms with van der Waals surface area (Å²) in [5.41, 5.74) is 1.37. The van der Waals surface area contributed by atoms with E-state index in [9.17, 15) is 24.6 Å². The molecular formula is C29H25NO10. The number of carbonyl (C=O) groups excluding carboxylic acids is 2. The number of rotatable bonds is 11. The lowest BCUT2D eigenvalue weighted by molar-refractivity contribution is -0.123. The number of ether oxygens (including phenoxy) is 4. The molecule has 0 bridgehead atoms. The Bertz CT molecular complexity index is 1580. The number of hydrogen-bond acceptors (Lipinski definition) is 10. The Kier molecular flexibility index (Phi) is 7.83. The molecule has 11 heteroatoms. The summed E-state index contributed by atoms with van der Waals surface area (Å²) in [6, 6.07) is 16.3. The SMILES string of the molecule is O=C1NC(=O)C(Cc2ccc(OCCOCCOc3ccc(-c4coc5cc(O)cc(O)c5c4=O)cc3)cc2)O1. The second-order valence-corrected chi connectivity index (χ2v) is 8.88. The van der Waals surface area contributed by atoms with Crippen LogP contribution in [0, 0.1) is 0 Å². The molecule has 0 saturated carbocycles. The number of carbonyl (C=O) groups is 2. The molecule has 1 atom stereocenters. The van der Waals surface area contributed by atoms with Crippen molar-refractivity contribution in [2.24, 2.45) is 0 Å². The fraction of sp³-hybridized carbons (Fsp3) is 0.207. The minimum atomic E-state index is -0.814. The van der Waals surface area contributed by atoms with Crippen LogP contribution in [0.5, 0.6) is 23.0 Å². The van der Waals surface area contributed by atoms with Crippen molar-refractivity contribution in [1.82, 2.24) is 5.32 Å². The van der Waals surface area contributed by atoms with Crippen LogP contribution in [0.25, 0.3) is 22.1 Å². The summed E-state index contributed by atoms with van der Waals surface area (Å²) in [6.45, 7) is 1.33. The van der Waals surface area contributed by atoms with Gasteiger partial charge in [0.05, 0.1) is 18.8 Å². The Balaban J connectivity index is 1.02. The molecule has 1 aliphatic rings. The zero-order valence-electron chi connectivity index (χ0n) is 21.1. The van der Waals surface area contributed by atoms with Crippen molar-refractivity contribution in [3.8, 4) is 34.1 Å². The molecule has 0 spiro atoms. The molecule has 3 aromatic carbocycles. The second kappa shape index (κ2) is 11.8. The van der Waals surface area contributed by atoms with Gasteiger partial charge in [-0.1, -0.05) is 24.3 Å². The first-order chi connectivity index (χ1) is 19.4. The third kappa shape index (κ3) is 6.16. The number of fused-ring (bicyclic) bond motifs is 1. The molecule has 3 N–H and O–H groups in total. The summed E-state index contributed by atoms with van der Waals surface area (Å²) in [4.78, 5) is 35.5. The molecule has 0 aliphatic carbocycles. The van der Waals surface area contributed by atoms with Crippen LogP contribution in [0.4, 0.5) is 4.79 Å². The highest BCUT2D eigenvalue weighted by atomic mass is 16.6. The van der Waals surface area contributed by atoms with E-state index < -0.39 is 23.5 Å². The zero-order chi connectivity index (χ0) is 28.1. The van der Waals surface area contributed by atoms with E-state index in [2.05, 4.69) is 5.32 Å². The summed E-state index contributed by atoms with van der Waals surface area (Å²) >= 11 is 0. The lowest BCUT2D eigenvalue weighted by atomic mass is 10.0. The predicted molar refractivity (Wildman–Crippen MR) is 142 cm³/mol. The van der Waals surface area contributed by atoms with Gasteiger partial charge in [-0.05, 0) is 35.4 Å². The van der Waals surface area contributed by atoms with Gasteiger partial charge in [0.1, 0.15) is 53.4 Å². The number of amides is 2. The molecule has 1 fully saturated rings. The Morgan fingerprint density at radius 1 is 0.825 bits per heavy atom. The van der Waals surface area contributed by atoms with E-state index in [1.807, 2.05) is 0 Å². The third-order valence-electron chi connectivity index (χ3n) is 6.11. The summed E-state index contributed by atoms with van der Waals surface area (Å²) in [5, 5.41) is 21.7. The highest BCUT2D eigenvalue weighted by Gasteiger charge is 2.32. The van der Waals surface area contributed by atoms with Crippen molar-refractivity contribution >= 4 is 23.0 Å². The van der Waals surface area contributed by atoms with Crippen molar-refractivity contribution in [2.75, 3.05) is 26.4 Å². The second-order valence-electron chi connectivity index (χ2n) is 8.88. The largest absolute Gasteiger partial charge is 0.508 e. The first-order valence-corrected chi connectivity index (χ1v) is 12.4. The van der Waals surface area contributed by atoms with Crippen LogP contribution < -0.4 is 20.2 Å². The van der Waals surface area contributed by atoms with Gasteiger partial charge >= 0.3 is 6.09 Å². The summed E-state index contributed by atoms with van der Waals surface area (Å²) in [5.74, 6) is 0.241. The molecule has 5 rings (SSSR count). The Morgan fingerprint density at radius 3 is 2.10 bits per heavy atom. The van der Waals surface area contributed by atoms with Gasteiger partial charge in [0.2, 0.25) is 5.43 Å². The van der Waals surface area contributed by atoms with Gasteiger partial charge in [0, 0.05) is 18.6 Å². The van der Waals surface area contributed by atoms with E-state index in [1.165, 1.54) is 12.3 Å². The van der Waals surface area contributed by atoms with Crippen LogP contribution in [0.3, 0.4) is 0 Å². The van der Waals surface area contributed by atoms with Crippen LogP contribution in [0.15, 0.2) is 76.1 Å². The molecule has 4 aromatic rings. The first-order valence-electron chi connectivity index (χ1n) is 12.4. The summed E-state index contributed by atoms with van der Waals surface area (Å²) < 4.78 is 27.2. The van der Waals surface area contributed by atoms with Gasteiger partial charge < -0.3 is 33.6 Å². The van der Waals surface area contributed by atoms with Gasteiger partial charge in [-0.2, -0.15) is 0 Å². The molecule has 1 aromatic heterocycles. The van der Waals surface area contributed by atoms with Gasteiger partial charge in [0.25, 0.3) is 5.91 Å². The zero-order valence-corrected chi connectivity index (χ0v) is 21.1. The lowest BCUT2D eigenvalue weighted by Gasteiger charge is -2.10. The maximum absolute atomic E-state index is 12.8.